The van der Waals surface area contributed by atoms with Gasteiger partial charge in [0.1, 0.15) is 24.5 Å². The standard InChI is InChI=1S/C21H26ClN3O3/c22-17-8-6-16(7-9-17)20(21(23)27)25-12-10-24(11-13-25)14-18(26)15-28-19-4-2-1-3-5-19/h1-9,18,20,26H,10-15H2,(H2,23,27). The summed E-state index contributed by atoms with van der Waals surface area (Å²) in [5.74, 6) is 0.380. The molecule has 1 aliphatic heterocycles. The van der Waals surface area contributed by atoms with Crippen molar-refractivity contribution in [3.8, 4) is 5.75 Å². The number of piperazine rings is 1. The Morgan fingerprint density at radius 3 is 2.32 bits per heavy atom. The number of hydrogen-bond acceptors (Lipinski definition) is 5. The zero-order valence-corrected chi connectivity index (χ0v) is 16.5. The number of β-amino-alcohol motifs (C(OH)–C–C–N with tert-alkyl or cyclic N) is 1. The lowest BCUT2D eigenvalue weighted by molar-refractivity contribution is -0.124. The molecule has 0 saturated carbocycles. The molecule has 1 amide bonds. The number of aliphatic hydroxyl groups is 1. The van der Waals surface area contributed by atoms with Crippen molar-refractivity contribution in [1.82, 2.24) is 9.80 Å². The second-order valence-corrected chi connectivity index (χ2v) is 7.41. The summed E-state index contributed by atoms with van der Waals surface area (Å²) in [4.78, 5) is 16.3. The third-order valence-corrected chi connectivity index (χ3v) is 5.13. The van der Waals surface area contributed by atoms with Crippen LogP contribution < -0.4 is 10.5 Å². The van der Waals surface area contributed by atoms with Crippen molar-refractivity contribution in [2.24, 2.45) is 5.73 Å². The van der Waals surface area contributed by atoms with Gasteiger partial charge in [0, 0.05) is 37.7 Å². The molecule has 0 radical (unpaired) electrons. The van der Waals surface area contributed by atoms with Crippen LogP contribution in [0.3, 0.4) is 0 Å². The number of halogens is 1. The van der Waals surface area contributed by atoms with Crippen LogP contribution >= 0.6 is 11.6 Å². The number of benzene rings is 2. The van der Waals surface area contributed by atoms with Crippen LogP contribution in [0.15, 0.2) is 54.6 Å². The lowest BCUT2D eigenvalue weighted by Gasteiger charge is -2.38. The Kier molecular flexibility index (Phi) is 7.28. The highest BCUT2D eigenvalue weighted by molar-refractivity contribution is 6.30. The van der Waals surface area contributed by atoms with E-state index in [1.54, 1.807) is 12.1 Å². The third-order valence-electron chi connectivity index (χ3n) is 4.88. The average molecular weight is 404 g/mol. The van der Waals surface area contributed by atoms with Gasteiger partial charge in [-0.1, -0.05) is 41.9 Å². The first kappa shape index (κ1) is 20.6. The van der Waals surface area contributed by atoms with Crippen molar-refractivity contribution in [2.45, 2.75) is 12.1 Å². The van der Waals surface area contributed by atoms with Gasteiger partial charge in [-0.3, -0.25) is 14.6 Å². The Balaban J connectivity index is 1.48. The van der Waals surface area contributed by atoms with Crippen LogP contribution in [0.1, 0.15) is 11.6 Å². The molecule has 1 saturated heterocycles. The largest absolute Gasteiger partial charge is 0.491 e. The smallest absolute Gasteiger partial charge is 0.239 e. The molecule has 28 heavy (non-hydrogen) atoms. The van der Waals surface area contributed by atoms with Gasteiger partial charge in [0.15, 0.2) is 0 Å². The minimum Gasteiger partial charge on any atom is -0.491 e. The van der Waals surface area contributed by atoms with E-state index in [4.69, 9.17) is 22.1 Å². The number of primary amides is 1. The molecule has 1 aliphatic rings. The van der Waals surface area contributed by atoms with Crippen LogP contribution in [-0.2, 0) is 4.79 Å². The lowest BCUT2D eigenvalue weighted by atomic mass is 10.0. The molecule has 0 aromatic heterocycles. The Bertz CT molecular complexity index is 749. The van der Waals surface area contributed by atoms with Crippen molar-refractivity contribution in [3.05, 3.63) is 65.2 Å². The van der Waals surface area contributed by atoms with E-state index in [0.717, 1.165) is 24.4 Å². The van der Waals surface area contributed by atoms with Gasteiger partial charge < -0.3 is 15.6 Å². The first-order valence-electron chi connectivity index (χ1n) is 9.40. The fraction of sp³-hybridized carbons (Fsp3) is 0.381. The van der Waals surface area contributed by atoms with Crippen LogP contribution in [-0.4, -0.2) is 66.2 Å². The van der Waals surface area contributed by atoms with Gasteiger partial charge in [0.2, 0.25) is 5.91 Å². The molecule has 7 heteroatoms. The SMILES string of the molecule is NC(=O)C(c1ccc(Cl)cc1)N1CCN(CC(O)COc2ccccc2)CC1. The number of para-hydroxylation sites is 1. The number of nitrogens with two attached hydrogens (primary N) is 1. The maximum absolute atomic E-state index is 12.0. The number of carbonyl (C=O) groups is 1. The Hall–Kier alpha value is -2.12. The fourth-order valence-corrected chi connectivity index (χ4v) is 3.59. The van der Waals surface area contributed by atoms with E-state index in [2.05, 4.69) is 9.80 Å². The van der Waals surface area contributed by atoms with E-state index in [0.29, 0.717) is 24.7 Å². The highest BCUT2D eigenvalue weighted by Gasteiger charge is 2.29. The van der Waals surface area contributed by atoms with E-state index in [1.807, 2.05) is 42.5 Å². The van der Waals surface area contributed by atoms with Crippen molar-refractivity contribution >= 4 is 17.5 Å². The quantitative estimate of drug-likeness (QED) is 0.704. The Morgan fingerprint density at radius 1 is 1.07 bits per heavy atom. The molecule has 3 rings (SSSR count). The van der Waals surface area contributed by atoms with Crippen LogP contribution in [0.25, 0.3) is 0 Å². The van der Waals surface area contributed by atoms with Crippen LogP contribution in [0.2, 0.25) is 5.02 Å². The van der Waals surface area contributed by atoms with E-state index < -0.39 is 12.1 Å². The monoisotopic (exact) mass is 403 g/mol. The first-order valence-corrected chi connectivity index (χ1v) is 9.78. The molecule has 2 atom stereocenters. The molecule has 0 bridgehead atoms. The second-order valence-electron chi connectivity index (χ2n) is 6.97. The van der Waals surface area contributed by atoms with Gasteiger partial charge in [-0.15, -0.1) is 0 Å². The predicted octanol–water partition coefficient (Wildman–Crippen LogP) is 1.92. The third kappa shape index (κ3) is 5.69. The van der Waals surface area contributed by atoms with Crippen molar-refractivity contribution < 1.29 is 14.6 Å². The molecule has 6 nitrogen and oxygen atoms in total. The van der Waals surface area contributed by atoms with Crippen molar-refractivity contribution in [2.75, 3.05) is 39.3 Å². The minimum atomic E-state index is -0.574. The number of carbonyl (C=O) groups excluding carboxylic acids is 1. The molecule has 150 valence electrons. The highest BCUT2D eigenvalue weighted by atomic mass is 35.5. The Morgan fingerprint density at radius 2 is 1.71 bits per heavy atom. The van der Waals surface area contributed by atoms with Gasteiger partial charge in [0.05, 0.1) is 0 Å². The molecule has 0 spiro atoms. The number of hydrogen-bond donors (Lipinski definition) is 2. The van der Waals surface area contributed by atoms with Crippen LogP contribution in [0.5, 0.6) is 5.75 Å². The molecular formula is C21H26ClN3O3. The molecule has 2 aromatic carbocycles. The summed E-state index contributed by atoms with van der Waals surface area (Å²) in [7, 11) is 0. The van der Waals surface area contributed by atoms with Gasteiger partial charge in [-0.2, -0.15) is 0 Å². The summed E-state index contributed by atoms with van der Waals surface area (Å²) in [6.45, 7) is 3.67. The molecular weight excluding hydrogens is 378 g/mol. The minimum absolute atomic E-state index is 0.249. The summed E-state index contributed by atoms with van der Waals surface area (Å²) in [6.07, 6.45) is -0.574. The second kappa shape index (κ2) is 9.89. The molecule has 1 fully saturated rings. The van der Waals surface area contributed by atoms with Gasteiger partial charge in [0.25, 0.3) is 0 Å². The number of amides is 1. The lowest BCUT2D eigenvalue weighted by Crippen LogP contribution is -2.52. The van der Waals surface area contributed by atoms with Gasteiger partial charge in [-0.05, 0) is 29.8 Å². The number of nitrogens with zero attached hydrogens (tertiary/aromatic N) is 2. The summed E-state index contributed by atoms with van der Waals surface area (Å²) < 4.78 is 5.61. The predicted molar refractivity (Wildman–Crippen MR) is 109 cm³/mol. The van der Waals surface area contributed by atoms with Crippen molar-refractivity contribution in [3.63, 3.8) is 0 Å². The summed E-state index contributed by atoms with van der Waals surface area (Å²) in [6, 6.07) is 16.2. The fourth-order valence-electron chi connectivity index (χ4n) is 3.46. The van der Waals surface area contributed by atoms with E-state index in [-0.39, 0.29) is 12.5 Å². The maximum Gasteiger partial charge on any atom is 0.239 e. The van der Waals surface area contributed by atoms with E-state index in [1.165, 1.54) is 0 Å². The average Bonchev–Trinajstić information content (AvgIpc) is 2.70. The zero-order valence-electron chi connectivity index (χ0n) is 15.7. The molecule has 2 unspecified atom stereocenters. The summed E-state index contributed by atoms with van der Waals surface area (Å²) in [5.41, 5.74) is 6.51. The normalized spacial score (nSPS) is 17.8. The van der Waals surface area contributed by atoms with Crippen LogP contribution in [0, 0.1) is 0 Å². The van der Waals surface area contributed by atoms with E-state index >= 15 is 0 Å². The zero-order chi connectivity index (χ0) is 19.9. The molecule has 3 N–H and O–H groups in total. The van der Waals surface area contributed by atoms with Gasteiger partial charge in [-0.25, -0.2) is 0 Å². The van der Waals surface area contributed by atoms with Crippen molar-refractivity contribution in [1.29, 1.82) is 0 Å². The summed E-state index contributed by atoms with van der Waals surface area (Å²) >= 11 is 5.94. The van der Waals surface area contributed by atoms with E-state index in [9.17, 15) is 9.90 Å². The summed E-state index contributed by atoms with van der Waals surface area (Å²) in [5, 5.41) is 10.9. The molecule has 2 aromatic rings. The number of ether oxygens (including phenoxy) is 1. The first-order chi connectivity index (χ1) is 13.5. The highest BCUT2D eigenvalue weighted by Crippen LogP contribution is 2.23. The topological polar surface area (TPSA) is 79.0 Å². The Labute approximate surface area is 170 Å². The number of aliphatic hydroxyl groups excluding tert-OH is 1. The molecule has 1 heterocycles. The van der Waals surface area contributed by atoms with Crippen LogP contribution in [0.4, 0.5) is 0 Å². The number of rotatable bonds is 8. The molecule has 0 aliphatic carbocycles. The van der Waals surface area contributed by atoms with Gasteiger partial charge >= 0.3 is 0 Å². The maximum atomic E-state index is 12.0.